The van der Waals surface area contributed by atoms with Crippen LogP contribution in [0, 0.1) is 0 Å². The molecule has 0 amide bonds. The molecule has 5 heteroatoms. The molecule has 0 saturated heterocycles. The third-order valence-corrected chi connectivity index (χ3v) is 2.50. The van der Waals surface area contributed by atoms with Crippen molar-refractivity contribution in [1.29, 1.82) is 0 Å². The van der Waals surface area contributed by atoms with Crippen LogP contribution < -0.4 is 0 Å². The van der Waals surface area contributed by atoms with Crippen LogP contribution in [0.4, 0.5) is 0 Å². The Morgan fingerprint density at radius 1 is 1.37 bits per heavy atom. The molecule has 0 aliphatic heterocycles. The van der Waals surface area contributed by atoms with E-state index < -0.39 is 5.97 Å². The minimum absolute atomic E-state index is 0.00443. The number of aliphatic hydroxyl groups excluding tert-OH is 1. The molecule has 0 aliphatic rings. The molecule has 1 aromatic rings. The second kappa shape index (κ2) is 7.38. The monoisotopic (exact) mass is 279 g/mol. The first-order chi connectivity index (χ1) is 9.08. The lowest BCUT2D eigenvalue weighted by molar-refractivity contribution is -0.135. The van der Waals surface area contributed by atoms with Crippen molar-refractivity contribution in [2.75, 3.05) is 14.2 Å². The SMILES string of the molecule is CN=CC(C(=O)OC)=C(O)C=Cc1ccc(Cl)cc1. The summed E-state index contributed by atoms with van der Waals surface area (Å²) in [5, 5.41) is 10.5. The number of methoxy groups -OCH3 is 1. The van der Waals surface area contributed by atoms with Gasteiger partial charge in [0.05, 0.1) is 7.11 Å². The number of aliphatic hydroxyl groups is 1. The molecule has 1 N–H and O–H groups in total. The number of carbonyl (C=O) groups excluding carboxylic acids is 1. The van der Waals surface area contributed by atoms with E-state index in [1.807, 2.05) is 0 Å². The van der Waals surface area contributed by atoms with Crippen LogP contribution in [0.25, 0.3) is 6.08 Å². The van der Waals surface area contributed by atoms with Crippen LogP contribution in [0.5, 0.6) is 0 Å². The van der Waals surface area contributed by atoms with Crippen molar-refractivity contribution in [2.24, 2.45) is 4.99 Å². The number of benzene rings is 1. The largest absolute Gasteiger partial charge is 0.507 e. The number of carbonyl (C=O) groups is 1. The molecule has 0 heterocycles. The maximum atomic E-state index is 11.4. The molecule has 4 nitrogen and oxygen atoms in total. The first kappa shape index (κ1) is 15.0. The number of hydrogen-bond acceptors (Lipinski definition) is 4. The Balaban J connectivity index is 2.99. The van der Waals surface area contributed by atoms with Crippen LogP contribution in [0.2, 0.25) is 5.02 Å². The number of hydrogen-bond donors (Lipinski definition) is 1. The average molecular weight is 280 g/mol. The standard InChI is InChI=1S/C14H14ClNO3/c1-16-9-12(14(18)19-2)13(17)8-5-10-3-6-11(15)7-4-10/h3-9,17H,1-2H3. The summed E-state index contributed by atoms with van der Waals surface area (Å²) in [6, 6.07) is 7.04. The van der Waals surface area contributed by atoms with Crippen molar-refractivity contribution in [3.8, 4) is 0 Å². The molecule has 0 atom stereocenters. The maximum absolute atomic E-state index is 11.4. The summed E-state index contributed by atoms with van der Waals surface area (Å²) in [4.78, 5) is 15.1. The Labute approximate surface area is 116 Å². The molecule has 0 saturated carbocycles. The predicted molar refractivity (Wildman–Crippen MR) is 76.6 cm³/mol. The van der Waals surface area contributed by atoms with Gasteiger partial charge >= 0.3 is 5.97 Å². The predicted octanol–water partition coefficient (Wildman–Crippen LogP) is 3.04. The molecule has 0 spiro atoms. The lowest BCUT2D eigenvalue weighted by Crippen LogP contribution is -2.08. The van der Waals surface area contributed by atoms with Gasteiger partial charge < -0.3 is 9.84 Å². The number of rotatable bonds is 4. The number of aliphatic imine (C=N–C) groups is 1. The lowest BCUT2D eigenvalue weighted by Gasteiger charge is -2.01. The van der Waals surface area contributed by atoms with Gasteiger partial charge in [0.2, 0.25) is 0 Å². The highest BCUT2D eigenvalue weighted by molar-refractivity contribution is 6.30. The highest BCUT2D eigenvalue weighted by atomic mass is 35.5. The Kier molecular flexibility index (Phi) is 5.82. The van der Waals surface area contributed by atoms with Crippen LogP contribution in [0.15, 0.2) is 46.7 Å². The van der Waals surface area contributed by atoms with Crippen LogP contribution in [0.1, 0.15) is 5.56 Å². The first-order valence-electron chi connectivity index (χ1n) is 5.46. The molecule has 100 valence electrons. The number of halogens is 1. The topological polar surface area (TPSA) is 58.9 Å². The van der Waals surface area contributed by atoms with E-state index in [1.54, 1.807) is 30.3 Å². The highest BCUT2D eigenvalue weighted by Gasteiger charge is 2.11. The van der Waals surface area contributed by atoms with Crippen LogP contribution >= 0.6 is 11.6 Å². The van der Waals surface area contributed by atoms with Crippen molar-refractivity contribution < 1.29 is 14.6 Å². The minimum Gasteiger partial charge on any atom is -0.507 e. The van der Waals surface area contributed by atoms with Crippen LogP contribution in [-0.2, 0) is 9.53 Å². The van der Waals surface area contributed by atoms with E-state index in [9.17, 15) is 9.90 Å². The molecule has 0 aromatic heterocycles. The first-order valence-corrected chi connectivity index (χ1v) is 5.83. The minimum atomic E-state index is -0.649. The van der Waals surface area contributed by atoms with Gasteiger partial charge in [0.25, 0.3) is 0 Å². The van der Waals surface area contributed by atoms with Gasteiger partial charge in [-0.25, -0.2) is 4.79 Å². The molecule has 0 radical (unpaired) electrons. The fourth-order valence-electron chi connectivity index (χ4n) is 1.30. The molecule has 0 unspecified atom stereocenters. The second-order valence-electron chi connectivity index (χ2n) is 3.56. The van der Waals surface area contributed by atoms with E-state index in [4.69, 9.17) is 11.6 Å². The molecular weight excluding hydrogens is 266 g/mol. The Hall–Kier alpha value is -2.07. The van der Waals surface area contributed by atoms with Crippen molar-refractivity contribution in [1.82, 2.24) is 0 Å². The summed E-state index contributed by atoms with van der Waals surface area (Å²) in [7, 11) is 2.74. The second-order valence-corrected chi connectivity index (χ2v) is 4.00. The molecule has 1 rings (SSSR count). The van der Waals surface area contributed by atoms with E-state index in [-0.39, 0.29) is 11.3 Å². The number of ether oxygens (including phenoxy) is 1. The van der Waals surface area contributed by atoms with Gasteiger partial charge in [-0.15, -0.1) is 0 Å². The third kappa shape index (κ3) is 4.60. The smallest absolute Gasteiger partial charge is 0.343 e. The summed E-state index contributed by atoms with van der Waals surface area (Å²) < 4.78 is 4.55. The van der Waals surface area contributed by atoms with E-state index in [1.165, 1.54) is 26.4 Å². The van der Waals surface area contributed by atoms with Crippen molar-refractivity contribution >= 4 is 29.9 Å². The zero-order chi connectivity index (χ0) is 14.3. The molecule has 0 bridgehead atoms. The molecule has 19 heavy (non-hydrogen) atoms. The van der Waals surface area contributed by atoms with Gasteiger partial charge in [-0.2, -0.15) is 0 Å². The summed E-state index contributed by atoms with van der Waals surface area (Å²) in [6.45, 7) is 0. The molecule has 0 fully saturated rings. The van der Waals surface area contributed by atoms with Gasteiger partial charge in [-0.1, -0.05) is 29.8 Å². The fraction of sp³-hybridized carbons (Fsp3) is 0.143. The van der Waals surface area contributed by atoms with Gasteiger partial charge in [0, 0.05) is 18.3 Å². The van der Waals surface area contributed by atoms with Crippen LogP contribution in [0.3, 0.4) is 0 Å². The Bertz CT molecular complexity index is 530. The summed E-state index contributed by atoms with van der Waals surface area (Å²) in [6.07, 6.45) is 4.29. The zero-order valence-corrected chi connectivity index (χ0v) is 11.4. The lowest BCUT2D eigenvalue weighted by atomic mass is 10.1. The highest BCUT2D eigenvalue weighted by Crippen LogP contribution is 2.12. The van der Waals surface area contributed by atoms with E-state index >= 15 is 0 Å². The van der Waals surface area contributed by atoms with Gasteiger partial charge in [-0.05, 0) is 23.8 Å². The Morgan fingerprint density at radius 3 is 2.53 bits per heavy atom. The summed E-state index contributed by atoms with van der Waals surface area (Å²) >= 11 is 5.77. The summed E-state index contributed by atoms with van der Waals surface area (Å²) in [5.74, 6) is -0.865. The van der Waals surface area contributed by atoms with Crippen molar-refractivity contribution in [2.45, 2.75) is 0 Å². The zero-order valence-electron chi connectivity index (χ0n) is 10.6. The molecule has 0 aliphatic carbocycles. The number of esters is 1. The van der Waals surface area contributed by atoms with Gasteiger partial charge in [0.15, 0.2) is 0 Å². The van der Waals surface area contributed by atoms with Gasteiger partial charge in [-0.3, -0.25) is 4.99 Å². The van der Waals surface area contributed by atoms with Crippen molar-refractivity contribution in [3.63, 3.8) is 0 Å². The molecule has 1 aromatic carbocycles. The summed E-state index contributed by atoms with van der Waals surface area (Å²) in [5.41, 5.74) is 0.837. The van der Waals surface area contributed by atoms with E-state index in [0.717, 1.165) is 5.56 Å². The normalized spacial score (nSPS) is 12.8. The van der Waals surface area contributed by atoms with Crippen LogP contribution in [-0.4, -0.2) is 31.4 Å². The van der Waals surface area contributed by atoms with Gasteiger partial charge in [0.1, 0.15) is 11.3 Å². The maximum Gasteiger partial charge on any atom is 0.343 e. The Morgan fingerprint density at radius 2 is 2.00 bits per heavy atom. The average Bonchev–Trinajstić information content (AvgIpc) is 2.43. The van der Waals surface area contributed by atoms with E-state index in [0.29, 0.717) is 5.02 Å². The van der Waals surface area contributed by atoms with Crippen molar-refractivity contribution in [3.05, 3.63) is 52.3 Å². The fourth-order valence-corrected chi connectivity index (χ4v) is 1.43. The number of allylic oxidation sites excluding steroid dienone is 1. The number of nitrogens with zero attached hydrogens (tertiary/aromatic N) is 1. The quantitative estimate of drug-likeness (QED) is 0.303. The third-order valence-electron chi connectivity index (χ3n) is 2.24. The van der Waals surface area contributed by atoms with E-state index in [2.05, 4.69) is 9.73 Å². The molecular formula is C14H14ClNO3.